The van der Waals surface area contributed by atoms with E-state index in [9.17, 15) is 19.2 Å². The zero-order chi connectivity index (χ0) is 61.0. The molecule has 0 rings (SSSR count). The Morgan fingerprint density at radius 1 is 0.217 bits per heavy atom. The number of unbranched alkanes of at least 4 members (excludes halogenated alkanes) is 44. The average molecular weight is 1170 g/mol. The van der Waals surface area contributed by atoms with Crippen molar-refractivity contribution >= 4 is 23.9 Å². The second kappa shape index (κ2) is 61.5. The van der Waals surface area contributed by atoms with Crippen LogP contribution in [0.3, 0.4) is 0 Å². The molecule has 0 saturated carbocycles. The van der Waals surface area contributed by atoms with Crippen LogP contribution in [-0.4, -0.2) is 42.9 Å². The highest BCUT2D eigenvalue weighted by Crippen LogP contribution is 2.24. The molecule has 0 fully saturated rings. The number of esters is 4. The maximum Gasteiger partial charge on any atom is 0.325 e. The van der Waals surface area contributed by atoms with Crippen molar-refractivity contribution in [1.29, 1.82) is 0 Å². The summed E-state index contributed by atoms with van der Waals surface area (Å²) in [7, 11) is 0. The van der Waals surface area contributed by atoms with Crippen LogP contribution in [0.15, 0.2) is 0 Å². The second-order valence-electron chi connectivity index (χ2n) is 27.9. The van der Waals surface area contributed by atoms with E-state index in [1.807, 2.05) is 0 Å². The summed E-state index contributed by atoms with van der Waals surface area (Å²) in [5, 5.41) is 0. The fourth-order valence-corrected chi connectivity index (χ4v) is 11.6. The summed E-state index contributed by atoms with van der Waals surface area (Å²) in [4.78, 5) is 54.2. The maximum atomic E-state index is 13.7. The summed E-state index contributed by atoms with van der Waals surface area (Å²) in [6, 6.07) is 0. The molecule has 8 nitrogen and oxygen atoms in total. The molecule has 83 heavy (non-hydrogen) atoms. The molecule has 0 aromatic heterocycles. The van der Waals surface area contributed by atoms with E-state index >= 15 is 0 Å². The number of ether oxygens (including phenoxy) is 4. The first-order valence-electron chi connectivity index (χ1n) is 37.0. The van der Waals surface area contributed by atoms with E-state index in [1.54, 1.807) is 0 Å². The summed E-state index contributed by atoms with van der Waals surface area (Å²) in [5.41, 5.74) is 0. The van der Waals surface area contributed by atoms with Crippen molar-refractivity contribution in [3.05, 3.63) is 0 Å². The predicted molar refractivity (Wildman–Crippen MR) is 355 cm³/mol. The number of carbonyl (C=O) groups is 4. The Morgan fingerprint density at radius 2 is 0.361 bits per heavy atom. The predicted octanol–water partition coefficient (Wildman–Crippen LogP) is 24.3. The minimum Gasteiger partial charge on any atom is -0.457 e. The first-order chi connectivity index (χ1) is 40.2. The van der Waals surface area contributed by atoms with Gasteiger partial charge in [0.15, 0.2) is 13.2 Å². The summed E-state index contributed by atoms with van der Waals surface area (Å²) in [6.07, 6.45) is 63.5. The second-order valence-corrected chi connectivity index (χ2v) is 27.9. The molecular formula is C75H144O8. The van der Waals surface area contributed by atoms with Crippen molar-refractivity contribution in [3.8, 4) is 0 Å². The number of hydrogen-bond donors (Lipinski definition) is 0. The lowest BCUT2D eigenvalue weighted by Crippen LogP contribution is -2.49. The number of rotatable bonds is 66. The first kappa shape index (κ1) is 80.9. The van der Waals surface area contributed by atoms with Crippen LogP contribution in [0.25, 0.3) is 0 Å². The average Bonchev–Trinajstić information content (AvgIpc) is 3.45. The van der Waals surface area contributed by atoms with Crippen molar-refractivity contribution in [2.75, 3.05) is 13.2 Å². The Balaban J connectivity index is 5.44. The molecule has 0 aromatic rings. The highest BCUT2D eigenvalue weighted by atomic mass is 16.8. The summed E-state index contributed by atoms with van der Waals surface area (Å²) in [6.45, 7) is 17.5. The molecule has 0 atom stereocenters. The Morgan fingerprint density at radius 3 is 0.530 bits per heavy atom. The van der Waals surface area contributed by atoms with Gasteiger partial charge in [-0.3, -0.25) is 19.2 Å². The van der Waals surface area contributed by atoms with Gasteiger partial charge in [0.1, 0.15) is 0 Å². The zero-order valence-electron chi connectivity index (χ0n) is 57.1. The molecule has 0 aliphatic rings. The molecule has 0 heterocycles. The van der Waals surface area contributed by atoms with Crippen LogP contribution in [0.5, 0.6) is 0 Å². The molecule has 0 aliphatic heterocycles. The van der Waals surface area contributed by atoms with E-state index in [-0.39, 0.29) is 25.7 Å². The fourth-order valence-electron chi connectivity index (χ4n) is 11.6. The Bertz CT molecular complexity index is 1300. The van der Waals surface area contributed by atoms with E-state index in [0.717, 1.165) is 87.9 Å². The van der Waals surface area contributed by atoms with Gasteiger partial charge in [-0.25, -0.2) is 0 Å². The Hall–Kier alpha value is -2.12. The van der Waals surface area contributed by atoms with E-state index in [2.05, 4.69) is 55.4 Å². The van der Waals surface area contributed by atoms with Crippen molar-refractivity contribution in [3.63, 3.8) is 0 Å². The standard InChI is InChI=1S/C75H144O8/c1-67(2)57-49-41-33-25-17-9-13-21-29-37-45-53-61-71(76)80-65-75(82-73(78)63-55-47-39-31-23-15-11-19-27-35-43-51-59-69(5)6,83-74(79)64-56-48-40-32-24-16-12-20-28-36-44-52-60-70(7)8)66-81-72(77)62-54-46-38-30-22-14-10-18-26-34-42-50-58-68(3)4/h67-70H,9-66H2,1-8H3. The van der Waals surface area contributed by atoms with Crippen molar-refractivity contribution in [1.82, 2.24) is 0 Å². The van der Waals surface area contributed by atoms with Crippen molar-refractivity contribution < 1.29 is 38.1 Å². The third-order valence-corrected chi connectivity index (χ3v) is 17.2. The Kier molecular flexibility index (Phi) is 60.0. The monoisotopic (exact) mass is 1170 g/mol. The lowest BCUT2D eigenvalue weighted by Gasteiger charge is -2.32. The summed E-state index contributed by atoms with van der Waals surface area (Å²) in [5.74, 6) is -0.731. The van der Waals surface area contributed by atoms with Gasteiger partial charge in [-0.1, -0.05) is 364 Å². The van der Waals surface area contributed by atoms with Gasteiger partial charge in [-0.2, -0.15) is 0 Å². The Labute approximate surface area is 517 Å². The molecule has 0 N–H and O–H groups in total. The SMILES string of the molecule is CC(C)CCCCCCCCCCCCCCC(=O)OCC(COC(=O)CCCCCCCCCCCCCCC(C)C)(OC(=O)CCCCCCCCCCCCCCC(C)C)OC(=O)CCCCCCCCCCCCCCC(C)C. The highest BCUT2D eigenvalue weighted by Gasteiger charge is 2.42. The molecular weight excluding hydrogens is 1030 g/mol. The number of hydrogen-bond acceptors (Lipinski definition) is 8. The fraction of sp³-hybridized carbons (Fsp3) is 0.947. The lowest BCUT2D eigenvalue weighted by atomic mass is 10.0. The van der Waals surface area contributed by atoms with Gasteiger partial charge in [0.25, 0.3) is 0 Å². The molecule has 0 aliphatic carbocycles. The van der Waals surface area contributed by atoms with Crippen LogP contribution in [0.1, 0.15) is 415 Å². The normalized spacial score (nSPS) is 11.9. The van der Waals surface area contributed by atoms with Crippen LogP contribution >= 0.6 is 0 Å². The topological polar surface area (TPSA) is 105 Å². The third kappa shape index (κ3) is 62.7. The quantitative estimate of drug-likeness (QED) is 0.0257. The molecule has 0 unspecified atom stereocenters. The van der Waals surface area contributed by atoms with Gasteiger partial charge < -0.3 is 18.9 Å². The minimum absolute atomic E-state index is 0.146. The molecule has 0 aromatic carbocycles. The molecule has 0 radical (unpaired) electrons. The van der Waals surface area contributed by atoms with Gasteiger partial charge in [-0.05, 0) is 49.4 Å². The highest BCUT2D eigenvalue weighted by molar-refractivity contribution is 5.73. The van der Waals surface area contributed by atoms with Crippen LogP contribution in [0.4, 0.5) is 0 Å². The molecule has 0 amide bonds. The van der Waals surface area contributed by atoms with Crippen molar-refractivity contribution in [2.24, 2.45) is 23.7 Å². The van der Waals surface area contributed by atoms with Gasteiger partial charge in [0, 0.05) is 25.7 Å². The number of carbonyl (C=O) groups excluding carboxylic acids is 4. The molecule has 0 saturated heterocycles. The molecule has 8 heteroatoms. The largest absolute Gasteiger partial charge is 0.457 e. The van der Waals surface area contributed by atoms with Crippen LogP contribution in [-0.2, 0) is 38.1 Å². The summed E-state index contributed by atoms with van der Waals surface area (Å²) >= 11 is 0. The summed E-state index contributed by atoms with van der Waals surface area (Å²) < 4.78 is 23.8. The smallest absolute Gasteiger partial charge is 0.325 e. The molecule has 492 valence electrons. The van der Waals surface area contributed by atoms with Crippen molar-refractivity contribution in [2.45, 2.75) is 421 Å². The van der Waals surface area contributed by atoms with E-state index in [1.165, 1.54) is 244 Å². The zero-order valence-corrected chi connectivity index (χ0v) is 57.1. The van der Waals surface area contributed by atoms with Gasteiger partial charge >= 0.3 is 29.7 Å². The van der Waals surface area contributed by atoms with Gasteiger partial charge in [0.2, 0.25) is 0 Å². The van der Waals surface area contributed by atoms with Crippen LogP contribution in [0.2, 0.25) is 0 Å². The lowest BCUT2D eigenvalue weighted by molar-refractivity contribution is -0.259. The minimum atomic E-state index is -2.04. The molecule has 0 spiro atoms. The first-order valence-corrected chi connectivity index (χ1v) is 37.0. The van der Waals surface area contributed by atoms with E-state index in [4.69, 9.17) is 18.9 Å². The van der Waals surface area contributed by atoms with Gasteiger partial charge in [0.05, 0.1) is 0 Å². The molecule has 0 bridgehead atoms. The van der Waals surface area contributed by atoms with Crippen LogP contribution < -0.4 is 0 Å². The van der Waals surface area contributed by atoms with Crippen LogP contribution in [0, 0.1) is 23.7 Å². The van der Waals surface area contributed by atoms with E-state index in [0.29, 0.717) is 25.7 Å². The third-order valence-electron chi connectivity index (χ3n) is 17.2. The maximum absolute atomic E-state index is 13.7. The van der Waals surface area contributed by atoms with E-state index < -0.39 is 42.9 Å². The van der Waals surface area contributed by atoms with Gasteiger partial charge in [-0.15, -0.1) is 0 Å².